The van der Waals surface area contributed by atoms with Gasteiger partial charge < -0.3 is 4.74 Å². The Morgan fingerprint density at radius 3 is 2.02 bits per heavy atom. The maximum absolute atomic E-state index is 6.06. The smallest absolute Gasteiger partial charge is 0.125 e. The molecule has 0 radical (unpaired) electrons. The Kier molecular flexibility index (Phi) is 13.6. The first-order valence-electron chi connectivity index (χ1n) is 17.3. The SMILES string of the molecule is CCc1c(C)c(CCCCCCCC[P+](C2=CC=CCC=C2)(c2ccccc2)C2C=CC=CC=C2)c(OC)c(CC)c1CC. The van der Waals surface area contributed by atoms with Crippen LogP contribution in [0.1, 0.15) is 93.5 Å². The average Bonchev–Trinajstić information content (AvgIpc) is 3.51. The van der Waals surface area contributed by atoms with Crippen LogP contribution in [0.25, 0.3) is 0 Å². The van der Waals surface area contributed by atoms with E-state index in [2.05, 4.69) is 125 Å². The van der Waals surface area contributed by atoms with Crippen molar-refractivity contribution in [2.24, 2.45) is 0 Å². The molecule has 0 aromatic heterocycles. The van der Waals surface area contributed by atoms with Crippen molar-refractivity contribution in [3.05, 3.63) is 130 Å². The standard InChI is InChI=1S/C42H56OP/c1-6-38-34(4)41(42(43-5)40(8-3)39(38)7-2)32-24-11-9-10-16-25-33-44(37-30-22-17-23-31-37,35-26-18-12-13-19-27-35)36-28-20-14-15-21-29-36/h12-14,17-23,26-31,35H,6-11,15-16,24-25,32-33H2,1-5H3/q+1. The molecule has 1 nitrogen and oxygen atoms in total. The highest BCUT2D eigenvalue weighted by Gasteiger charge is 2.48. The van der Waals surface area contributed by atoms with Gasteiger partial charge >= 0.3 is 0 Å². The molecule has 2 aliphatic carbocycles. The molecule has 1 atom stereocenters. The van der Waals surface area contributed by atoms with Crippen LogP contribution in [0.5, 0.6) is 5.75 Å². The van der Waals surface area contributed by atoms with Gasteiger partial charge in [-0.3, -0.25) is 0 Å². The summed E-state index contributed by atoms with van der Waals surface area (Å²) >= 11 is 0. The molecule has 4 rings (SSSR count). The van der Waals surface area contributed by atoms with Gasteiger partial charge in [0.1, 0.15) is 16.7 Å². The normalized spacial score (nSPS) is 16.1. The number of benzene rings is 2. The lowest BCUT2D eigenvalue weighted by molar-refractivity contribution is 0.402. The minimum Gasteiger partial charge on any atom is -0.496 e. The third kappa shape index (κ3) is 7.84. The second-order valence-corrected chi connectivity index (χ2v) is 16.0. The van der Waals surface area contributed by atoms with Crippen molar-refractivity contribution in [1.82, 2.24) is 0 Å². The molecule has 1 unspecified atom stereocenters. The fourth-order valence-corrected chi connectivity index (χ4v) is 12.3. The Balaban J connectivity index is 1.42. The number of rotatable bonds is 16. The number of hydrogen-bond acceptors (Lipinski definition) is 1. The molecule has 0 spiro atoms. The average molecular weight is 608 g/mol. The van der Waals surface area contributed by atoms with Crippen molar-refractivity contribution in [3.8, 4) is 5.75 Å². The first kappa shape index (κ1) is 34.0. The summed E-state index contributed by atoms with van der Waals surface area (Å²) in [6.45, 7) is 9.22. The molecule has 2 heteroatoms. The Hall–Kier alpha value is -2.89. The van der Waals surface area contributed by atoms with Crippen molar-refractivity contribution in [1.29, 1.82) is 0 Å². The Labute approximate surface area is 269 Å². The van der Waals surface area contributed by atoms with E-state index in [1.54, 1.807) is 5.56 Å². The van der Waals surface area contributed by atoms with Crippen LogP contribution in [0.3, 0.4) is 0 Å². The first-order chi connectivity index (χ1) is 21.6. The second-order valence-electron chi connectivity index (χ2n) is 12.2. The van der Waals surface area contributed by atoms with E-state index in [1.807, 2.05) is 7.11 Å². The summed E-state index contributed by atoms with van der Waals surface area (Å²) in [6.07, 6.45) is 39.9. The Morgan fingerprint density at radius 1 is 0.705 bits per heavy atom. The van der Waals surface area contributed by atoms with Crippen molar-refractivity contribution in [2.75, 3.05) is 13.3 Å². The molecular weight excluding hydrogens is 551 g/mol. The van der Waals surface area contributed by atoms with Crippen LogP contribution in [0.15, 0.2) is 102 Å². The van der Waals surface area contributed by atoms with Crippen molar-refractivity contribution < 1.29 is 4.74 Å². The summed E-state index contributed by atoms with van der Waals surface area (Å²) < 4.78 is 6.06. The van der Waals surface area contributed by atoms with Gasteiger partial charge in [-0.1, -0.05) is 101 Å². The quantitative estimate of drug-likeness (QED) is 0.136. The van der Waals surface area contributed by atoms with E-state index in [0.717, 1.165) is 32.1 Å². The zero-order valence-corrected chi connectivity index (χ0v) is 29.1. The van der Waals surface area contributed by atoms with Crippen molar-refractivity contribution >= 4 is 12.6 Å². The third-order valence-electron chi connectivity index (χ3n) is 9.73. The van der Waals surface area contributed by atoms with Gasteiger partial charge in [0.2, 0.25) is 0 Å². The predicted molar refractivity (Wildman–Crippen MR) is 197 cm³/mol. The number of unbranched alkanes of at least 4 members (excludes halogenated alkanes) is 5. The summed E-state index contributed by atoms with van der Waals surface area (Å²) in [5.41, 5.74) is 7.90. The topological polar surface area (TPSA) is 9.23 Å². The highest BCUT2D eigenvalue weighted by atomic mass is 31.2. The number of methoxy groups -OCH3 is 1. The molecule has 0 aliphatic heterocycles. The van der Waals surface area contributed by atoms with Crippen LogP contribution >= 0.6 is 7.26 Å². The highest BCUT2D eigenvalue weighted by molar-refractivity contribution is 7.87. The largest absolute Gasteiger partial charge is 0.496 e. The summed E-state index contributed by atoms with van der Waals surface area (Å²) in [5, 5.41) is 3.07. The minimum atomic E-state index is -1.70. The van der Waals surface area contributed by atoms with Crippen LogP contribution in [-0.4, -0.2) is 18.9 Å². The Morgan fingerprint density at radius 2 is 1.36 bits per heavy atom. The third-order valence-corrected chi connectivity index (χ3v) is 14.6. The maximum atomic E-state index is 6.06. The van der Waals surface area contributed by atoms with E-state index < -0.39 is 7.26 Å². The van der Waals surface area contributed by atoms with E-state index in [0.29, 0.717) is 5.66 Å². The van der Waals surface area contributed by atoms with Gasteiger partial charge in [-0.25, -0.2) is 0 Å². The zero-order chi connectivity index (χ0) is 31.2. The number of ether oxygens (including phenoxy) is 1. The van der Waals surface area contributed by atoms with Gasteiger partial charge in [0.25, 0.3) is 0 Å². The van der Waals surface area contributed by atoms with Crippen molar-refractivity contribution in [3.63, 3.8) is 0 Å². The van der Waals surface area contributed by atoms with Gasteiger partial charge in [-0.2, -0.15) is 0 Å². The zero-order valence-electron chi connectivity index (χ0n) is 28.2. The molecule has 0 bridgehead atoms. The van der Waals surface area contributed by atoms with Gasteiger partial charge in [-0.15, -0.1) is 0 Å². The van der Waals surface area contributed by atoms with E-state index in [-0.39, 0.29) is 0 Å². The van der Waals surface area contributed by atoms with E-state index in [4.69, 9.17) is 4.74 Å². The molecule has 0 fully saturated rings. The van der Waals surface area contributed by atoms with Crippen molar-refractivity contribution in [2.45, 2.75) is 104 Å². The summed E-state index contributed by atoms with van der Waals surface area (Å²) in [6, 6.07) is 11.4. The van der Waals surface area contributed by atoms with Crippen LogP contribution in [-0.2, 0) is 25.7 Å². The lowest BCUT2D eigenvalue weighted by atomic mass is 9.85. The predicted octanol–water partition coefficient (Wildman–Crippen LogP) is 11.4. The molecule has 0 N–H and O–H groups in total. The minimum absolute atomic E-state index is 0.417. The molecule has 2 aliphatic rings. The molecule has 0 amide bonds. The molecule has 0 saturated carbocycles. The van der Waals surface area contributed by atoms with Gasteiger partial charge in [-0.05, 0) is 123 Å². The Bertz CT molecular complexity index is 1370. The van der Waals surface area contributed by atoms with Gasteiger partial charge in [0, 0.05) is 0 Å². The summed E-state index contributed by atoms with van der Waals surface area (Å²) in [5.74, 6) is 1.17. The maximum Gasteiger partial charge on any atom is 0.125 e. The van der Waals surface area contributed by atoms with Crippen LogP contribution in [0, 0.1) is 6.92 Å². The summed E-state index contributed by atoms with van der Waals surface area (Å²) in [4.78, 5) is 0. The number of hydrogen-bond donors (Lipinski definition) is 0. The molecule has 44 heavy (non-hydrogen) atoms. The lowest BCUT2D eigenvalue weighted by Crippen LogP contribution is -2.25. The first-order valence-corrected chi connectivity index (χ1v) is 19.4. The molecule has 234 valence electrons. The highest BCUT2D eigenvalue weighted by Crippen LogP contribution is 2.70. The van der Waals surface area contributed by atoms with E-state index in [9.17, 15) is 0 Å². The van der Waals surface area contributed by atoms with Crippen LogP contribution < -0.4 is 10.0 Å². The number of allylic oxidation sites excluding steroid dienone is 12. The van der Waals surface area contributed by atoms with Gasteiger partial charge in [0.15, 0.2) is 0 Å². The molecule has 0 saturated heterocycles. The van der Waals surface area contributed by atoms with E-state index in [1.165, 1.54) is 83.3 Å². The molecule has 2 aromatic rings. The lowest BCUT2D eigenvalue weighted by Gasteiger charge is -2.33. The molecule has 0 heterocycles. The summed E-state index contributed by atoms with van der Waals surface area (Å²) in [7, 11) is 0.172. The van der Waals surface area contributed by atoms with Crippen LogP contribution in [0.2, 0.25) is 0 Å². The van der Waals surface area contributed by atoms with E-state index >= 15 is 0 Å². The van der Waals surface area contributed by atoms with Crippen LogP contribution in [0.4, 0.5) is 0 Å². The van der Waals surface area contributed by atoms with Gasteiger partial charge in [0.05, 0.1) is 25.8 Å². The fraction of sp³-hybridized carbons (Fsp3) is 0.429. The molecule has 2 aromatic carbocycles. The second kappa shape index (κ2) is 17.6. The monoisotopic (exact) mass is 607 g/mol. The molecular formula is C42H56OP+. The fourth-order valence-electron chi connectivity index (χ4n) is 7.55.